The molecule has 9 nitrogen and oxygen atoms in total. The number of ether oxygens (including phenoxy) is 1. The van der Waals surface area contributed by atoms with Crippen LogP contribution in [0.15, 0.2) is 341 Å². The average Bonchev–Trinajstić information content (AvgIpc) is 1.54. The smallest absolute Gasteiger partial charge is 0.497 e. The van der Waals surface area contributed by atoms with Crippen molar-refractivity contribution in [2.45, 2.75) is 158 Å². The number of benzene rings is 15. The minimum Gasteiger partial charge on any atom is -0.497 e. The summed E-state index contributed by atoms with van der Waals surface area (Å²) in [6.45, 7) is 36.5. The van der Waals surface area contributed by atoms with Gasteiger partial charge in [0.1, 0.15) is 0 Å². The first kappa shape index (κ1) is 96.0. The van der Waals surface area contributed by atoms with E-state index < -0.39 is 0 Å². The largest absolute Gasteiger partial charge is 2.00 e. The van der Waals surface area contributed by atoms with E-state index in [0.717, 1.165) is 51.2 Å². The Morgan fingerprint density at radius 1 is 0.245 bits per heavy atom. The molecule has 0 saturated heterocycles. The molecular weight excluding hydrogens is 2090 g/mol. The fourth-order valence-corrected chi connectivity index (χ4v) is 22.6. The summed E-state index contributed by atoms with van der Waals surface area (Å²) in [7, 11) is 0. The van der Waals surface area contributed by atoms with Crippen LogP contribution in [0, 0.1) is 24.3 Å². The van der Waals surface area contributed by atoms with Crippen molar-refractivity contribution in [3.63, 3.8) is 0 Å². The maximum Gasteiger partial charge on any atom is 2.00 e. The van der Waals surface area contributed by atoms with Crippen LogP contribution in [0.3, 0.4) is 0 Å². The minimum atomic E-state index is 0. The van der Waals surface area contributed by atoms with Crippen LogP contribution in [0.5, 0.6) is 11.5 Å². The van der Waals surface area contributed by atoms with Crippen molar-refractivity contribution >= 4 is 63.0 Å². The van der Waals surface area contributed by atoms with Gasteiger partial charge in [0.15, 0.2) is 0 Å². The standard InChI is InChI=1S/C99H85N6OS2.C27H27N2.Ir.Pt/c1-59(2)76-35-20-36-77(60(3)4)90(76)103-48-46-101-98(103)70-31-18-33-74(53-70)106-75-34-19-32-71(54-75)99-102-47-50-105(99)92-88(63(9)10)57-73(58-89(92)64(11)12)81-40-24-44-85-83-42-22-38-79(94(83)108-96(81)85)69-30-17-28-67(52-69)66-27-16-29-68(51-66)78-37-21-41-82-84-43-23-39-80(95(84)107-93(78)82)72-55-86(61(5)6)91(87(56-72)62(7)8)104-49-45-100-97(104)65-25-14-13-15-26-65;1-19(2)24-17-23(21-11-7-5-8-12-21)18-25(20(3)4)26(24)29-16-15-28-27(29)22-13-9-6-10-14-22;;/h13-25,27-52,55-64H,1-12H3;5-13,15-20H,1-4H3;;/q-3;-1;;+2. The number of rotatable bonds is 24. The molecule has 695 valence electrons. The summed E-state index contributed by atoms with van der Waals surface area (Å²) in [5.41, 5.74) is 33.5. The van der Waals surface area contributed by atoms with Gasteiger partial charge in [-0.3, -0.25) is 19.9 Å². The zero-order valence-electron chi connectivity index (χ0n) is 81.4. The first-order chi connectivity index (χ1) is 66.6. The third-order valence-corrected chi connectivity index (χ3v) is 29.3. The quantitative estimate of drug-likeness (QED) is 0.0563. The van der Waals surface area contributed by atoms with Crippen molar-refractivity contribution in [1.29, 1.82) is 0 Å². The van der Waals surface area contributed by atoms with Crippen LogP contribution in [-0.2, 0) is 41.2 Å². The van der Waals surface area contributed by atoms with Crippen molar-refractivity contribution in [1.82, 2.24) is 38.2 Å². The Bertz CT molecular complexity index is 7920. The Morgan fingerprint density at radius 2 is 0.511 bits per heavy atom. The number of fused-ring (bicyclic) bond motifs is 6. The summed E-state index contributed by atoms with van der Waals surface area (Å²) >= 11 is 3.82. The molecule has 0 saturated carbocycles. The second-order valence-electron chi connectivity index (χ2n) is 38.5. The third-order valence-electron chi connectivity index (χ3n) is 26.7. The number of aromatic nitrogens is 8. The van der Waals surface area contributed by atoms with E-state index in [9.17, 15) is 0 Å². The number of hydrogen-bond acceptors (Lipinski definition) is 7. The molecule has 0 atom stereocenters. The van der Waals surface area contributed by atoms with Gasteiger partial charge < -0.3 is 23.0 Å². The van der Waals surface area contributed by atoms with Crippen LogP contribution in [0.4, 0.5) is 0 Å². The van der Waals surface area contributed by atoms with Crippen molar-refractivity contribution in [3.8, 4) is 147 Å². The van der Waals surface area contributed by atoms with Gasteiger partial charge in [-0.1, -0.05) is 281 Å². The van der Waals surface area contributed by atoms with E-state index in [4.69, 9.17) is 19.7 Å². The molecule has 0 spiro atoms. The zero-order valence-corrected chi connectivity index (χ0v) is 87.7. The Balaban J connectivity index is 0.000000352. The van der Waals surface area contributed by atoms with Crippen LogP contribution in [-0.4, -0.2) is 38.2 Å². The second kappa shape index (κ2) is 41.0. The Labute approximate surface area is 854 Å². The number of hydrogen-bond donors (Lipinski definition) is 0. The Hall–Kier alpha value is -13.3. The van der Waals surface area contributed by atoms with Crippen molar-refractivity contribution < 1.29 is 45.9 Å². The van der Waals surface area contributed by atoms with Crippen molar-refractivity contribution in [2.75, 3.05) is 0 Å². The number of imidazole rings is 4. The van der Waals surface area contributed by atoms with Gasteiger partial charge in [-0.25, -0.2) is 0 Å². The average molecular weight is 2210 g/mol. The van der Waals surface area contributed by atoms with Crippen LogP contribution in [0.25, 0.3) is 175 Å². The SMILES string of the molecule is CC(C)c1cc(-c2ccccc2)cc(C(C)C)c1-n1ccnc1-c1[c-]cccc1.CC(C)c1cccc(C(C)C)c1-n1ccnc1-c1[c-]c(Oc2[c-]c(-c3nccn3-c3c(C(C)C)cc(-c4cccc5c4sc4c(-c6cccc(-c7cccc(-c8cccc9c8sc8c(-c%10cc(C(C)C)c(-n%11ccnc%11-c%11[c-]cccc%11)c(C(C)C)c%10)cccc89)c7)c6)cccc45)cc3C(C)C)ccc2)ccc1.[Ir].[Pt+2]. The van der Waals surface area contributed by atoms with E-state index in [1.54, 1.807) is 0 Å². The Morgan fingerprint density at radius 3 is 0.835 bits per heavy atom. The van der Waals surface area contributed by atoms with Gasteiger partial charge in [-0.15, -0.1) is 142 Å². The van der Waals surface area contributed by atoms with Gasteiger partial charge in [0.2, 0.25) is 0 Å². The summed E-state index contributed by atoms with van der Waals surface area (Å²) in [4.78, 5) is 19.5. The molecular formula is C126H112IrN8OPtS2-2. The third kappa shape index (κ3) is 18.7. The molecule has 0 fully saturated rings. The Kier molecular flexibility index (Phi) is 28.3. The minimum absolute atomic E-state index is 0. The van der Waals surface area contributed by atoms with Crippen LogP contribution >= 0.6 is 22.7 Å². The molecule has 0 aliphatic rings. The predicted molar refractivity (Wildman–Crippen MR) is 576 cm³/mol. The van der Waals surface area contributed by atoms with Gasteiger partial charge >= 0.3 is 21.1 Å². The molecule has 0 aliphatic carbocycles. The molecule has 6 heterocycles. The summed E-state index contributed by atoms with van der Waals surface area (Å²) in [6.07, 6.45) is 15.9. The molecule has 6 aromatic heterocycles. The van der Waals surface area contributed by atoms with Crippen LogP contribution < -0.4 is 4.74 Å². The molecule has 13 heteroatoms. The molecule has 21 aromatic rings. The first-order valence-corrected chi connectivity index (χ1v) is 49.9. The maximum atomic E-state index is 6.66. The summed E-state index contributed by atoms with van der Waals surface area (Å²) < 4.78 is 20.8. The van der Waals surface area contributed by atoms with E-state index in [2.05, 4.69) is 420 Å². The summed E-state index contributed by atoms with van der Waals surface area (Å²) in [6, 6.07) is 120. The van der Waals surface area contributed by atoms with E-state index in [0.29, 0.717) is 35.2 Å². The van der Waals surface area contributed by atoms with E-state index in [1.165, 1.54) is 169 Å². The molecule has 15 aromatic carbocycles. The molecule has 21 rings (SSSR count). The fraction of sp³-hybridized carbons (Fsp3) is 0.190. The van der Waals surface area contributed by atoms with Gasteiger partial charge in [-0.2, -0.15) is 0 Å². The summed E-state index contributed by atoms with van der Waals surface area (Å²) in [5, 5.41) is 5.09. The fourth-order valence-electron chi connectivity index (χ4n) is 19.9. The molecule has 1 radical (unpaired) electrons. The molecule has 0 unspecified atom stereocenters. The molecule has 0 N–H and O–H groups in total. The predicted octanol–water partition coefficient (Wildman–Crippen LogP) is 35.5. The first-order valence-electron chi connectivity index (χ1n) is 48.2. The monoisotopic (exact) mass is 2200 g/mol. The van der Waals surface area contributed by atoms with E-state index >= 15 is 0 Å². The molecule has 139 heavy (non-hydrogen) atoms. The normalized spacial score (nSPS) is 11.7. The maximum absolute atomic E-state index is 6.66. The van der Waals surface area contributed by atoms with Gasteiger partial charge in [0.05, 0.1) is 23.3 Å². The van der Waals surface area contributed by atoms with Crippen LogP contribution in [0.2, 0.25) is 0 Å². The van der Waals surface area contributed by atoms with Crippen molar-refractivity contribution in [3.05, 3.63) is 410 Å². The van der Waals surface area contributed by atoms with Gasteiger partial charge in [0, 0.05) is 144 Å². The van der Waals surface area contributed by atoms with Gasteiger partial charge in [0.25, 0.3) is 0 Å². The second-order valence-corrected chi connectivity index (χ2v) is 40.5. The zero-order chi connectivity index (χ0) is 94.6. The number of nitrogens with zero attached hydrogens (tertiary/aromatic N) is 8. The van der Waals surface area contributed by atoms with Crippen molar-refractivity contribution in [2.24, 2.45) is 0 Å². The van der Waals surface area contributed by atoms with Crippen LogP contribution in [0.1, 0.15) is 203 Å². The molecule has 0 bridgehead atoms. The van der Waals surface area contributed by atoms with Gasteiger partial charge in [-0.05, 0) is 207 Å². The van der Waals surface area contributed by atoms with E-state index in [1.807, 2.05) is 102 Å². The number of thiophene rings is 2. The number of para-hydroxylation sites is 1. The molecule has 0 amide bonds. The topological polar surface area (TPSA) is 80.5 Å². The summed E-state index contributed by atoms with van der Waals surface area (Å²) in [5.74, 6) is 6.94. The molecule has 0 aliphatic heterocycles. The van der Waals surface area contributed by atoms with E-state index in [-0.39, 0.29) is 64.8 Å².